The number of rotatable bonds is 5. The van der Waals surface area contributed by atoms with E-state index < -0.39 is 0 Å². The highest BCUT2D eigenvalue weighted by Crippen LogP contribution is 2.16. The minimum atomic E-state index is -0.125. The summed E-state index contributed by atoms with van der Waals surface area (Å²) in [4.78, 5) is 11.2. The fourth-order valence-electron chi connectivity index (χ4n) is 1.52. The number of Topliss-reactive ketones (excluding diaryl/α,β-unsaturated/α-hetero) is 1. The second kappa shape index (κ2) is 5.51. The number of phenolic OH excluding ortho intramolecular Hbond substituents is 1. The van der Waals surface area contributed by atoms with E-state index in [1.54, 1.807) is 31.2 Å². The Morgan fingerprint density at radius 3 is 2.40 bits per heavy atom. The first-order chi connectivity index (χ1) is 7.13. The molecule has 15 heavy (non-hydrogen) atoms. The van der Waals surface area contributed by atoms with Crippen molar-refractivity contribution in [2.24, 2.45) is 5.92 Å². The maximum atomic E-state index is 11.2. The molecule has 3 nitrogen and oxygen atoms in total. The zero-order chi connectivity index (χ0) is 11.3. The molecular weight excluding hydrogens is 192 g/mol. The highest BCUT2D eigenvalue weighted by Gasteiger charge is 2.13. The number of carbonyl (C=O) groups is 1. The van der Waals surface area contributed by atoms with Gasteiger partial charge in [0.1, 0.15) is 11.5 Å². The molecule has 1 aromatic rings. The van der Waals surface area contributed by atoms with Crippen LogP contribution in [0.5, 0.6) is 5.75 Å². The zero-order valence-electron chi connectivity index (χ0n) is 8.81. The van der Waals surface area contributed by atoms with Crippen molar-refractivity contribution in [3.63, 3.8) is 0 Å². The summed E-state index contributed by atoms with van der Waals surface area (Å²) in [5.74, 6) is 0.192. The Morgan fingerprint density at radius 2 is 1.93 bits per heavy atom. The first kappa shape index (κ1) is 11.7. The lowest BCUT2D eigenvalue weighted by atomic mass is 9.93. The van der Waals surface area contributed by atoms with Crippen LogP contribution in [0.3, 0.4) is 0 Å². The molecule has 0 saturated carbocycles. The van der Waals surface area contributed by atoms with Crippen LogP contribution in [-0.2, 0) is 11.2 Å². The SMILES string of the molecule is CC(=O)C(CCO)Cc1ccc(O)cc1. The fraction of sp³-hybridized carbons (Fsp3) is 0.417. The molecule has 0 aliphatic rings. The zero-order valence-corrected chi connectivity index (χ0v) is 8.81. The number of hydrogen-bond donors (Lipinski definition) is 2. The van der Waals surface area contributed by atoms with E-state index in [0.29, 0.717) is 12.8 Å². The minimum Gasteiger partial charge on any atom is -0.508 e. The van der Waals surface area contributed by atoms with Gasteiger partial charge >= 0.3 is 0 Å². The Hall–Kier alpha value is -1.35. The summed E-state index contributed by atoms with van der Waals surface area (Å²) in [7, 11) is 0. The number of carbonyl (C=O) groups excluding carboxylic acids is 1. The molecule has 0 aromatic heterocycles. The predicted molar refractivity (Wildman–Crippen MR) is 57.7 cm³/mol. The highest BCUT2D eigenvalue weighted by atomic mass is 16.3. The molecule has 2 N–H and O–H groups in total. The van der Waals surface area contributed by atoms with E-state index in [1.807, 2.05) is 0 Å². The van der Waals surface area contributed by atoms with E-state index in [-0.39, 0.29) is 24.1 Å². The number of aromatic hydroxyl groups is 1. The van der Waals surface area contributed by atoms with E-state index in [9.17, 15) is 4.79 Å². The van der Waals surface area contributed by atoms with Crippen LogP contribution >= 0.6 is 0 Å². The number of aliphatic hydroxyl groups is 1. The van der Waals surface area contributed by atoms with Gasteiger partial charge in [0.05, 0.1) is 0 Å². The molecule has 0 aliphatic carbocycles. The number of phenols is 1. The number of hydrogen-bond acceptors (Lipinski definition) is 3. The minimum absolute atomic E-state index is 0.0301. The molecule has 3 heteroatoms. The monoisotopic (exact) mass is 208 g/mol. The fourth-order valence-corrected chi connectivity index (χ4v) is 1.52. The summed E-state index contributed by atoms with van der Waals surface area (Å²) in [6, 6.07) is 6.79. The normalized spacial score (nSPS) is 12.4. The van der Waals surface area contributed by atoms with Crippen molar-refractivity contribution in [2.75, 3.05) is 6.61 Å². The summed E-state index contributed by atoms with van der Waals surface area (Å²) < 4.78 is 0. The van der Waals surface area contributed by atoms with E-state index in [2.05, 4.69) is 0 Å². The van der Waals surface area contributed by atoms with Gasteiger partial charge in [-0.3, -0.25) is 4.79 Å². The van der Waals surface area contributed by atoms with Crippen molar-refractivity contribution in [3.8, 4) is 5.75 Å². The van der Waals surface area contributed by atoms with Gasteiger partial charge in [-0.15, -0.1) is 0 Å². The third-order valence-corrected chi connectivity index (χ3v) is 2.47. The molecular formula is C12H16O3. The Morgan fingerprint density at radius 1 is 1.33 bits per heavy atom. The van der Waals surface area contributed by atoms with E-state index >= 15 is 0 Å². The van der Waals surface area contributed by atoms with Gasteiger partial charge in [0.15, 0.2) is 0 Å². The first-order valence-corrected chi connectivity index (χ1v) is 5.02. The number of benzene rings is 1. The molecule has 0 fully saturated rings. The lowest BCUT2D eigenvalue weighted by Gasteiger charge is -2.12. The molecule has 0 bridgehead atoms. The molecule has 0 heterocycles. The average Bonchev–Trinajstić information content (AvgIpc) is 2.20. The summed E-state index contributed by atoms with van der Waals surface area (Å²) in [6.45, 7) is 1.57. The number of ketones is 1. The average molecular weight is 208 g/mol. The van der Waals surface area contributed by atoms with Gasteiger partial charge in [0.25, 0.3) is 0 Å². The highest BCUT2D eigenvalue weighted by molar-refractivity contribution is 5.78. The standard InChI is InChI=1S/C12H16O3/c1-9(14)11(6-7-13)8-10-2-4-12(15)5-3-10/h2-5,11,13,15H,6-8H2,1H3. The second-order valence-corrected chi connectivity index (χ2v) is 3.69. The van der Waals surface area contributed by atoms with E-state index in [1.165, 1.54) is 0 Å². The van der Waals surface area contributed by atoms with Gasteiger partial charge < -0.3 is 10.2 Å². The Bertz CT molecular complexity index is 316. The van der Waals surface area contributed by atoms with Crippen molar-refractivity contribution in [1.82, 2.24) is 0 Å². The van der Waals surface area contributed by atoms with Crippen LogP contribution in [0, 0.1) is 5.92 Å². The predicted octanol–water partition coefficient (Wildman–Crippen LogP) is 1.52. The number of aliphatic hydroxyl groups excluding tert-OH is 1. The second-order valence-electron chi connectivity index (χ2n) is 3.69. The van der Waals surface area contributed by atoms with Gasteiger partial charge in [0, 0.05) is 12.5 Å². The molecule has 0 amide bonds. The van der Waals surface area contributed by atoms with Crippen molar-refractivity contribution in [2.45, 2.75) is 19.8 Å². The maximum Gasteiger partial charge on any atom is 0.133 e. The molecule has 1 unspecified atom stereocenters. The molecule has 1 atom stereocenters. The maximum absolute atomic E-state index is 11.2. The van der Waals surface area contributed by atoms with Gasteiger partial charge in [-0.25, -0.2) is 0 Å². The van der Waals surface area contributed by atoms with Crippen LogP contribution in [0.1, 0.15) is 18.9 Å². The largest absolute Gasteiger partial charge is 0.508 e. The van der Waals surface area contributed by atoms with Crippen molar-refractivity contribution >= 4 is 5.78 Å². The van der Waals surface area contributed by atoms with Crippen LogP contribution < -0.4 is 0 Å². The smallest absolute Gasteiger partial charge is 0.133 e. The Labute approximate surface area is 89.4 Å². The lowest BCUT2D eigenvalue weighted by Crippen LogP contribution is -2.15. The quantitative estimate of drug-likeness (QED) is 0.771. The van der Waals surface area contributed by atoms with Crippen LogP contribution in [0.15, 0.2) is 24.3 Å². The summed E-state index contributed by atoms with van der Waals surface area (Å²) >= 11 is 0. The molecule has 1 aromatic carbocycles. The Kier molecular flexibility index (Phi) is 4.31. The first-order valence-electron chi connectivity index (χ1n) is 5.02. The Balaban J connectivity index is 2.65. The summed E-state index contributed by atoms with van der Waals surface area (Å²) in [6.07, 6.45) is 1.12. The van der Waals surface area contributed by atoms with Gasteiger partial charge in [-0.1, -0.05) is 12.1 Å². The van der Waals surface area contributed by atoms with Crippen LogP contribution in [0.4, 0.5) is 0 Å². The molecule has 0 aliphatic heterocycles. The molecule has 0 saturated heterocycles. The summed E-state index contributed by atoms with van der Waals surface area (Å²) in [5, 5.41) is 17.9. The third-order valence-electron chi connectivity index (χ3n) is 2.47. The summed E-state index contributed by atoms with van der Waals surface area (Å²) in [5.41, 5.74) is 1.00. The van der Waals surface area contributed by atoms with Gasteiger partial charge in [0.2, 0.25) is 0 Å². The van der Waals surface area contributed by atoms with Crippen LogP contribution in [0.25, 0.3) is 0 Å². The van der Waals surface area contributed by atoms with Crippen LogP contribution in [-0.4, -0.2) is 22.6 Å². The van der Waals surface area contributed by atoms with Gasteiger partial charge in [-0.2, -0.15) is 0 Å². The third kappa shape index (κ3) is 3.72. The van der Waals surface area contributed by atoms with Crippen LogP contribution in [0.2, 0.25) is 0 Å². The molecule has 82 valence electrons. The lowest BCUT2D eigenvalue weighted by molar-refractivity contribution is -0.121. The molecule has 0 radical (unpaired) electrons. The van der Waals surface area contributed by atoms with Crippen molar-refractivity contribution in [3.05, 3.63) is 29.8 Å². The van der Waals surface area contributed by atoms with Crippen molar-refractivity contribution < 1.29 is 15.0 Å². The molecule has 1 rings (SSSR count). The van der Waals surface area contributed by atoms with E-state index in [0.717, 1.165) is 5.56 Å². The van der Waals surface area contributed by atoms with Crippen molar-refractivity contribution in [1.29, 1.82) is 0 Å². The van der Waals surface area contributed by atoms with Gasteiger partial charge in [-0.05, 0) is 37.5 Å². The van der Waals surface area contributed by atoms with E-state index in [4.69, 9.17) is 10.2 Å². The molecule has 0 spiro atoms. The topological polar surface area (TPSA) is 57.5 Å².